The van der Waals surface area contributed by atoms with E-state index in [1.807, 2.05) is 19.1 Å². The van der Waals surface area contributed by atoms with Crippen LogP contribution in [0.3, 0.4) is 0 Å². The summed E-state index contributed by atoms with van der Waals surface area (Å²) in [6.45, 7) is 3.95. The molecule has 8 heteroatoms. The zero-order valence-corrected chi connectivity index (χ0v) is 16.8. The number of piperidine rings is 1. The minimum atomic E-state index is -1.83. The van der Waals surface area contributed by atoms with Crippen molar-refractivity contribution < 1.29 is 29.3 Å². The number of carbonyl (C=O) groups is 2. The van der Waals surface area contributed by atoms with Crippen LogP contribution in [-0.2, 0) is 14.3 Å². The number of ether oxygens (including phenoxy) is 2. The number of aryl methyl sites for hydroxylation is 1. The van der Waals surface area contributed by atoms with E-state index >= 15 is 0 Å². The van der Waals surface area contributed by atoms with E-state index in [2.05, 4.69) is 10.6 Å². The van der Waals surface area contributed by atoms with Crippen LogP contribution in [0.5, 0.6) is 5.75 Å². The molecule has 1 unspecified atom stereocenters. The molecule has 0 spiro atoms. The Balaban J connectivity index is 2.00. The van der Waals surface area contributed by atoms with Gasteiger partial charge < -0.3 is 30.3 Å². The first-order chi connectivity index (χ1) is 14.4. The third kappa shape index (κ3) is 4.83. The highest BCUT2D eigenvalue weighted by molar-refractivity contribution is 5.97. The van der Waals surface area contributed by atoms with Gasteiger partial charge in [0, 0.05) is 24.7 Å². The van der Waals surface area contributed by atoms with E-state index < -0.39 is 23.2 Å². The van der Waals surface area contributed by atoms with E-state index in [9.17, 15) is 19.8 Å². The smallest absolute Gasteiger partial charge is 0.338 e. The fraction of sp³-hybridized carbons (Fsp3) is 0.364. The number of hydrogen-bond acceptors (Lipinski definition) is 6. The third-order valence-electron chi connectivity index (χ3n) is 5.09. The molecule has 0 saturated carbocycles. The highest BCUT2D eigenvalue weighted by atomic mass is 16.6. The Kier molecular flexibility index (Phi) is 6.79. The molecular formula is C22H26N2O6. The molecule has 4 N–H and O–H groups in total. The fourth-order valence-corrected chi connectivity index (χ4v) is 3.53. The minimum absolute atomic E-state index is 0.189. The molecule has 1 aromatic carbocycles. The van der Waals surface area contributed by atoms with Gasteiger partial charge in [0.2, 0.25) is 0 Å². The minimum Gasteiger partial charge on any atom is -0.491 e. The number of hydrogen-bond donors (Lipinski definition) is 4. The van der Waals surface area contributed by atoms with Crippen molar-refractivity contribution in [1.29, 1.82) is 0 Å². The first-order valence-electron chi connectivity index (χ1n) is 9.84. The summed E-state index contributed by atoms with van der Waals surface area (Å²) in [5, 5.41) is 25.4. The maximum absolute atomic E-state index is 12.1. The highest BCUT2D eigenvalue weighted by Gasteiger charge is 2.47. The first-order valence-corrected chi connectivity index (χ1v) is 9.84. The number of aliphatic carboxylic acids is 2. The number of rotatable bonds is 8. The average molecular weight is 414 g/mol. The maximum Gasteiger partial charge on any atom is 0.338 e. The van der Waals surface area contributed by atoms with Crippen molar-refractivity contribution in [1.82, 2.24) is 10.6 Å². The predicted molar refractivity (Wildman–Crippen MR) is 110 cm³/mol. The molecule has 2 aliphatic rings. The van der Waals surface area contributed by atoms with Crippen LogP contribution >= 0.6 is 0 Å². The lowest BCUT2D eigenvalue weighted by atomic mass is 9.96. The van der Waals surface area contributed by atoms with Gasteiger partial charge in [-0.05, 0) is 50.1 Å². The molecule has 0 bridgehead atoms. The molecular weight excluding hydrogens is 388 g/mol. The molecule has 1 fully saturated rings. The Morgan fingerprint density at radius 3 is 2.77 bits per heavy atom. The van der Waals surface area contributed by atoms with Gasteiger partial charge in [-0.2, -0.15) is 0 Å². The Hall–Kier alpha value is -3.26. The molecule has 2 heterocycles. The number of carboxylic acid groups (broad SMARTS) is 2. The summed E-state index contributed by atoms with van der Waals surface area (Å²) >= 11 is 0. The largest absolute Gasteiger partial charge is 0.491 e. The molecule has 160 valence electrons. The van der Waals surface area contributed by atoms with E-state index in [-0.39, 0.29) is 11.7 Å². The van der Waals surface area contributed by atoms with Crippen molar-refractivity contribution in [2.24, 2.45) is 5.92 Å². The van der Waals surface area contributed by atoms with Gasteiger partial charge in [0.05, 0.1) is 6.61 Å². The van der Waals surface area contributed by atoms with Crippen molar-refractivity contribution in [3.05, 3.63) is 65.6 Å². The molecule has 0 amide bonds. The molecule has 1 saturated heterocycles. The second kappa shape index (κ2) is 9.49. The molecule has 2 aliphatic heterocycles. The Morgan fingerprint density at radius 2 is 2.10 bits per heavy atom. The van der Waals surface area contributed by atoms with Gasteiger partial charge in [-0.3, -0.25) is 0 Å². The lowest BCUT2D eigenvalue weighted by molar-refractivity contribution is -0.137. The predicted octanol–water partition coefficient (Wildman–Crippen LogP) is 2.18. The van der Waals surface area contributed by atoms with E-state index in [1.165, 1.54) is 6.20 Å². The van der Waals surface area contributed by atoms with Gasteiger partial charge in [0.15, 0.2) is 5.76 Å². The molecule has 0 aromatic heterocycles. The Bertz CT molecular complexity index is 885. The zero-order valence-electron chi connectivity index (χ0n) is 16.8. The lowest BCUT2D eigenvalue weighted by Gasteiger charge is -2.38. The number of carboxylic acids is 2. The van der Waals surface area contributed by atoms with Crippen LogP contribution in [0.15, 0.2) is 60.0 Å². The van der Waals surface area contributed by atoms with E-state index in [4.69, 9.17) is 9.47 Å². The quantitative estimate of drug-likeness (QED) is 0.478. The number of allylic oxidation sites excluding steroid dienone is 2. The number of nitrogens with one attached hydrogen (secondary N) is 2. The van der Waals surface area contributed by atoms with Gasteiger partial charge in [0.1, 0.15) is 11.3 Å². The van der Waals surface area contributed by atoms with Crippen molar-refractivity contribution in [2.75, 3.05) is 19.7 Å². The third-order valence-corrected chi connectivity index (χ3v) is 5.09. The van der Waals surface area contributed by atoms with E-state index in [1.54, 1.807) is 24.3 Å². The summed E-state index contributed by atoms with van der Waals surface area (Å²) in [5.74, 6) is -1.96. The summed E-state index contributed by atoms with van der Waals surface area (Å²) in [7, 11) is 0. The van der Waals surface area contributed by atoms with Crippen molar-refractivity contribution in [2.45, 2.75) is 25.5 Å². The summed E-state index contributed by atoms with van der Waals surface area (Å²) in [6.07, 6.45) is 7.43. The van der Waals surface area contributed by atoms with Crippen LogP contribution in [-0.4, -0.2) is 47.6 Å². The summed E-state index contributed by atoms with van der Waals surface area (Å²) in [5.41, 5.74) is -1.55. The Morgan fingerprint density at radius 1 is 1.30 bits per heavy atom. The van der Waals surface area contributed by atoms with Gasteiger partial charge in [-0.1, -0.05) is 18.2 Å². The normalized spacial score (nSPS) is 23.8. The van der Waals surface area contributed by atoms with Crippen LogP contribution < -0.4 is 15.4 Å². The topological polar surface area (TPSA) is 117 Å². The lowest BCUT2D eigenvalue weighted by Crippen LogP contribution is -2.55. The standard InChI is InChI=1S/C22H26N2O6/c1-15-6-2-3-8-18(15)30-22(17(21(27)28)12-20(25)26)19(9-5-11-24-22)29-14-16-7-4-10-23-13-16/h2-3,5-6,8-9,11-12,16,23-24H,4,7,10,13-14H2,1H3,(H,25,26)(H,27,28)/b17-12-/t16?,22-/m0/s1. The second-order valence-corrected chi connectivity index (χ2v) is 7.31. The fourth-order valence-electron chi connectivity index (χ4n) is 3.53. The number of dihydropyridines is 1. The highest BCUT2D eigenvalue weighted by Crippen LogP contribution is 2.35. The molecule has 0 aliphatic carbocycles. The van der Waals surface area contributed by atoms with Crippen molar-refractivity contribution in [3.8, 4) is 5.75 Å². The first kappa shape index (κ1) is 21.4. The average Bonchev–Trinajstić information content (AvgIpc) is 2.73. The number of benzene rings is 1. The van der Waals surface area contributed by atoms with Crippen LogP contribution in [0.2, 0.25) is 0 Å². The van der Waals surface area contributed by atoms with Gasteiger partial charge in [0.25, 0.3) is 5.72 Å². The Labute approximate surface area is 174 Å². The van der Waals surface area contributed by atoms with E-state index in [0.717, 1.165) is 31.5 Å². The van der Waals surface area contributed by atoms with Crippen molar-refractivity contribution in [3.63, 3.8) is 0 Å². The molecule has 30 heavy (non-hydrogen) atoms. The maximum atomic E-state index is 12.1. The summed E-state index contributed by atoms with van der Waals surface area (Å²) in [4.78, 5) is 23.5. The molecule has 3 rings (SSSR count). The monoisotopic (exact) mass is 414 g/mol. The summed E-state index contributed by atoms with van der Waals surface area (Å²) < 4.78 is 12.2. The van der Waals surface area contributed by atoms with E-state index in [0.29, 0.717) is 18.4 Å². The van der Waals surface area contributed by atoms with Crippen LogP contribution in [0.1, 0.15) is 18.4 Å². The van der Waals surface area contributed by atoms with Gasteiger partial charge in [-0.25, -0.2) is 9.59 Å². The van der Waals surface area contributed by atoms with Crippen molar-refractivity contribution >= 4 is 11.9 Å². The van der Waals surface area contributed by atoms with Crippen LogP contribution in [0, 0.1) is 12.8 Å². The molecule has 8 nitrogen and oxygen atoms in total. The molecule has 0 radical (unpaired) electrons. The van der Waals surface area contributed by atoms with Gasteiger partial charge in [-0.15, -0.1) is 0 Å². The SMILES string of the molecule is Cc1ccccc1O[C@]1(/C(=C\C(=O)O)C(=O)O)NC=CC=C1OCC1CCCNC1. The molecule has 2 atom stereocenters. The van der Waals surface area contributed by atoms with Crippen LogP contribution in [0.4, 0.5) is 0 Å². The zero-order chi connectivity index (χ0) is 21.6. The number of para-hydroxylation sites is 1. The second-order valence-electron chi connectivity index (χ2n) is 7.31. The molecule has 1 aromatic rings. The van der Waals surface area contributed by atoms with Gasteiger partial charge >= 0.3 is 11.9 Å². The van der Waals surface area contributed by atoms with Crippen LogP contribution in [0.25, 0.3) is 0 Å². The summed E-state index contributed by atoms with van der Waals surface area (Å²) in [6, 6.07) is 7.10.